The topological polar surface area (TPSA) is 76.0 Å². The third-order valence-corrected chi connectivity index (χ3v) is 4.78. The molecule has 0 aliphatic carbocycles. The SMILES string of the molecule is CCc1ccc(C(=O)NNC(=O)c2cc(C)n(Cc3ccccn3)c2C)cc1. The maximum Gasteiger partial charge on any atom is 0.271 e. The molecule has 0 aliphatic heterocycles. The lowest BCUT2D eigenvalue weighted by Gasteiger charge is -2.10. The van der Waals surface area contributed by atoms with E-state index in [1.54, 1.807) is 18.3 Å². The average molecular weight is 376 g/mol. The van der Waals surface area contributed by atoms with Gasteiger partial charge in [-0.05, 0) is 56.2 Å². The predicted molar refractivity (Wildman–Crippen MR) is 108 cm³/mol. The number of hydrazine groups is 1. The lowest BCUT2D eigenvalue weighted by atomic mass is 10.1. The minimum atomic E-state index is -0.349. The van der Waals surface area contributed by atoms with E-state index >= 15 is 0 Å². The molecule has 0 radical (unpaired) electrons. The van der Waals surface area contributed by atoms with Crippen LogP contribution in [0.25, 0.3) is 0 Å². The van der Waals surface area contributed by atoms with E-state index in [0.29, 0.717) is 17.7 Å². The monoisotopic (exact) mass is 376 g/mol. The van der Waals surface area contributed by atoms with Crippen molar-refractivity contribution >= 4 is 11.8 Å². The van der Waals surface area contributed by atoms with Crippen molar-refractivity contribution in [2.45, 2.75) is 33.7 Å². The van der Waals surface area contributed by atoms with Crippen molar-refractivity contribution in [1.82, 2.24) is 20.4 Å². The molecule has 2 aromatic heterocycles. The van der Waals surface area contributed by atoms with Crippen LogP contribution in [0.15, 0.2) is 54.7 Å². The molecule has 2 heterocycles. The summed E-state index contributed by atoms with van der Waals surface area (Å²) in [6.07, 6.45) is 2.66. The Morgan fingerprint density at radius 1 is 1.00 bits per heavy atom. The number of carbonyl (C=O) groups excluding carboxylic acids is 2. The number of benzene rings is 1. The van der Waals surface area contributed by atoms with E-state index in [9.17, 15) is 9.59 Å². The Balaban J connectivity index is 1.67. The van der Waals surface area contributed by atoms with Crippen molar-refractivity contribution in [1.29, 1.82) is 0 Å². The summed E-state index contributed by atoms with van der Waals surface area (Å²) in [5.74, 6) is -0.697. The van der Waals surface area contributed by atoms with Crippen molar-refractivity contribution in [3.63, 3.8) is 0 Å². The summed E-state index contributed by atoms with van der Waals surface area (Å²) >= 11 is 0. The van der Waals surface area contributed by atoms with Crippen LogP contribution in [-0.2, 0) is 13.0 Å². The average Bonchev–Trinajstić information content (AvgIpc) is 3.01. The number of carbonyl (C=O) groups is 2. The summed E-state index contributed by atoms with van der Waals surface area (Å²) in [5, 5.41) is 0. The Morgan fingerprint density at radius 2 is 1.71 bits per heavy atom. The summed E-state index contributed by atoms with van der Waals surface area (Å²) in [5.41, 5.74) is 9.85. The van der Waals surface area contributed by atoms with Gasteiger partial charge in [0.1, 0.15) is 0 Å². The Bertz CT molecular complexity index is 976. The summed E-state index contributed by atoms with van der Waals surface area (Å²) in [7, 11) is 0. The highest BCUT2D eigenvalue weighted by atomic mass is 16.2. The van der Waals surface area contributed by atoms with Gasteiger partial charge in [-0.2, -0.15) is 0 Å². The zero-order valence-electron chi connectivity index (χ0n) is 16.3. The number of aromatic nitrogens is 2. The number of nitrogens with one attached hydrogen (secondary N) is 2. The normalized spacial score (nSPS) is 10.5. The molecule has 6 heteroatoms. The number of pyridine rings is 1. The molecule has 1 aromatic carbocycles. The number of aryl methyl sites for hydroxylation is 2. The molecular formula is C22H24N4O2. The number of rotatable bonds is 5. The van der Waals surface area contributed by atoms with E-state index in [1.807, 2.05) is 54.8 Å². The molecule has 2 amide bonds. The Labute approximate surface area is 164 Å². The van der Waals surface area contributed by atoms with E-state index in [2.05, 4.69) is 22.8 Å². The van der Waals surface area contributed by atoms with Crippen molar-refractivity contribution in [3.05, 3.63) is 88.5 Å². The molecular weight excluding hydrogens is 352 g/mol. The lowest BCUT2D eigenvalue weighted by Crippen LogP contribution is -2.41. The second-order valence-corrected chi connectivity index (χ2v) is 6.65. The minimum absolute atomic E-state index is 0.348. The summed E-state index contributed by atoms with van der Waals surface area (Å²) in [6, 6.07) is 14.9. The number of amides is 2. The van der Waals surface area contributed by atoms with Gasteiger partial charge in [-0.1, -0.05) is 25.1 Å². The van der Waals surface area contributed by atoms with Crippen LogP contribution in [0.5, 0.6) is 0 Å². The van der Waals surface area contributed by atoms with Gasteiger partial charge < -0.3 is 4.57 Å². The third-order valence-electron chi connectivity index (χ3n) is 4.78. The summed E-state index contributed by atoms with van der Waals surface area (Å²) < 4.78 is 2.03. The number of hydrogen-bond donors (Lipinski definition) is 2. The van der Waals surface area contributed by atoms with Crippen LogP contribution >= 0.6 is 0 Å². The first-order chi connectivity index (χ1) is 13.5. The first-order valence-corrected chi connectivity index (χ1v) is 9.26. The van der Waals surface area contributed by atoms with Gasteiger partial charge in [-0.3, -0.25) is 25.4 Å². The highest BCUT2D eigenvalue weighted by molar-refractivity contribution is 5.99. The molecule has 2 N–H and O–H groups in total. The van der Waals surface area contributed by atoms with Crippen molar-refractivity contribution < 1.29 is 9.59 Å². The zero-order valence-corrected chi connectivity index (χ0v) is 16.3. The first kappa shape index (κ1) is 19.4. The Morgan fingerprint density at radius 3 is 2.36 bits per heavy atom. The fraction of sp³-hybridized carbons (Fsp3) is 0.227. The fourth-order valence-corrected chi connectivity index (χ4v) is 3.07. The largest absolute Gasteiger partial charge is 0.342 e. The van der Waals surface area contributed by atoms with Gasteiger partial charge in [0.05, 0.1) is 17.8 Å². The molecule has 0 saturated carbocycles. The lowest BCUT2D eigenvalue weighted by molar-refractivity contribution is 0.0846. The van der Waals surface area contributed by atoms with Crippen LogP contribution in [0.3, 0.4) is 0 Å². The Kier molecular flexibility index (Phi) is 5.89. The van der Waals surface area contributed by atoms with E-state index in [1.165, 1.54) is 0 Å². The number of nitrogens with zero attached hydrogens (tertiary/aromatic N) is 2. The van der Waals surface area contributed by atoms with Crippen molar-refractivity contribution in [3.8, 4) is 0 Å². The standard InChI is InChI=1S/C22H24N4O2/c1-4-17-8-10-18(11-9-17)21(27)24-25-22(28)20-13-15(2)26(16(20)3)14-19-7-5-6-12-23-19/h5-13H,4,14H2,1-3H3,(H,24,27)(H,25,28). The second kappa shape index (κ2) is 8.52. The second-order valence-electron chi connectivity index (χ2n) is 6.65. The molecule has 0 aliphatic rings. The molecule has 0 bridgehead atoms. The van der Waals surface area contributed by atoms with Gasteiger partial charge in [0, 0.05) is 23.1 Å². The highest BCUT2D eigenvalue weighted by Gasteiger charge is 2.17. The summed E-state index contributed by atoms with van der Waals surface area (Å²) in [4.78, 5) is 29.1. The van der Waals surface area contributed by atoms with Crippen molar-refractivity contribution in [2.24, 2.45) is 0 Å². The molecule has 0 unspecified atom stereocenters. The molecule has 3 aromatic rings. The van der Waals surface area contributed by atoms with Crippen LogP contribution in [0.4, 0.5) is 0 Å². The van der Waals surface area contributed by atoms with Gasteiger partial charge >= 0.3 is 0 Å². The maximum absolute atomic E-state index is 12.6. The van der Waals surface area contributed by atoms with Crippen LogP contribution < -0.4 is 10.9 Å². The van der Waals surface area contributed by atoms with E-state index in [4.69, 9.17) is 0 Å². The molecule has 3 rings (SSSR count). The zero-order chi connectivity index (χ0) is 20.1. The van der Waals surface area contributed by atoms with Gasteiger partial charge in [0.15, 0.2) is 0 Å². The third kappa shape index (κ3) is 4.28. The van der Waals surface area contributed by atoms with Gasteiger partial charge in [-0.15, -0.1) is 0 Å². The molecule has 0 spiro atoms. The summed E-state index contributed by atoms with van der Waals surface area (Å²) in [6.45, 7) is 6.47. The minimum Gasteiger partial charge on any atom is -0.342 e. The van der Waals surface area contributed by atoms with Crippen LogP contribution in [0.2, 0.25) is 0 Å². The maximum atomic E-state index is 12.6. The molecule has 144 valence electrons. The van der Waals surface area contributed by atoms with Crippen LogP contribution in [0.1, 0.15) is 50.3 Å². The van der Waals surface area contributed by atoms with Gasteiger partial charge in [-0.25, -0.2) is 0 Å². The van der Waals surface area contributed by atoms with E-state index in [-0.39, 0.29) is 11.8 Å². The fourth-order valence-electron chi connectivity index (χ4n) is 3.07. The van der Waals surface area contributed by atoms with Gasteiger partial charge in [0.25, 0.3) is 11.8 Å². The van der Waals surface area contributed by atoms with Crippen molar-refractivity contribution in [2.75, 3.05) is 0 Å². The van der Waals surface area contributed by atoms with E-state index < -0.39 is 0 Å². The highest BCUT2D eigenvalue weighted by Crippen LogP contribution is 2.16. The van der Waals surface area contributed by atoms with Gasteiger partial charge in [0.2, 0.25) is 0 Å². The molecule has 6 nitrogen and oxygen atoms in total. The molecule has 0 atom stereocenters. The smallest absolute Gasteiger partial charge is 0.271 e. The molecule has 28 heavy (non-hydrogen) atoms. The predicted octanol–water partition coefficient (Wildman–Crippen LogP) is 3.19. The quantitative estimate of drug-likeness (QED) is 0.672. The molecule has 0 saturated heterocycles. The number of hydrogen-bond acceptors (Lipinski definition) is 3. The Hall–Kier alpha value is -3.41. The molecule has 0 fully saturated rings. The van der Waals surface area contributed by atoms with E-state index in [0.717, 1.165) is 29.1 Å². The van der Waals surface area contributed by atoms with Crippen LogP contribution in [0, 0.1) is 13.8 Å². The van der Waals surface area contributed by atoms with Crippen LogP contribution in [-0.4, -0.2) is 21.4 Å². The first-order valence-electron chi connectivity index (χ1n) is 9.26.